The standard InChI is InChI=1S/C26H25FN8O2S/c1-26(27)8-7-17(29-25(26)30-24(37)21-11-15-5-3-4-6-20(15)38-21)18-13-19(23(36)32-31-18)28-22-12-16-14-34(2)9-10-35(16)33-22/h3-7,11-13H,8-10,14H2,1-2H3,(H,32,36)(H,28,31,33)(H,29,30,37). The number of H-pyrrole nitrogens is 1. The molecule has 0 bridgehead atoms. The van der Waals surface area contributed by atoms with E-state index in [0.29, 0.717) is 22.1 Å². The second-order valence-corrected chi connectivity index (χ2v) is 10.7. The molecule has 0 aliphatic carbocycles. The van der Waals surface area contributed by atoms with Gasteiger partial charge in [-0.3, -0.25) is 19.2 Å². The maximum atomic E-state index is 15.4. The zero-order valence-electron chi connectivity index (χ0n) is 20.8. The van der Waals surface area contributed by atoms with E-state index in [-0.39, 0.29) is 17.9 Å². The third-order valence-electron chi connectivity index (χ3n) is 6.60. The largest absolute Gasteiger partial charge is 0.334 e. The predicted octanol–water partition coefficient (Wildman–Crippen LogP) is 3.67. The fraction of sp³-hybridized carbons (Fsp3) is 0.269. The first-order chi connectivity index (χ1) is 18.2. The van der Waals surface area contributed by atoms with Crippen LogP contribution in [-0.2, 0) is 13.1 Å². The molecule has 0 saturated carbocycles. The summed E-state index contributed by atoms with van der Waals surface area (Å²) >= 11 is 1.33. The van der Waals surface area contributed by atoms with Gasteiger partial charge in [0, 0.05) is 30.3 Å². The zero-order valence-corrected chi connectivity index (χ0v) is 21.6. The first-order valence-electron chi connectivity index (χ1n) is 12.2. The summed E-state index contributed by atoms with van der Waals surface area (Å²) in [6.07, 6.45) is 1.59. The molecule has 2 aliphatic heterocycles. The summed E-state index contributed by atoms with van der Waals surface area (Å²) in [5.41, 5.74) is -0.336. The van der Waals surface area contributed by atoms with Crippen LogP contribution in [0.2, 0.25) is 0 Å². The van der Waals surface area contributed by atoms with Crippen molar-refractivity contribution in [3.05, 3.63) is 75.2 Å². The Morgan fingerprint density at radius 2 is 2.05 bits per heavy atom. The number of aromatic amines is 1. The molecule has 6 rings (SSSR count). The third kappa shape index (κ3) is 4.63. The number of halogens is 1. The van der Waals surface area contributed by atoms with Gasteiger partial charge in [0.05, 0.1) is 22.8 Å². The second-order valence-electron chi connectivity index (χ2n) is 9.66. The molecular formula is C26H25FN8O2S. The Labute approximate surface area is 220 Å². The number of carbonyl (C=O) groups is 1. The number of fused-ring (bicyclic) bond motifs is 2. The van der Waals surface area contributed by atoms with E-state index in [1.54, 1.807) is 18.2 Å². The van der Waals surface area contributed by atoms with Crippen LogP contribution in [0.25, 0.3) is 15.8 Å². The number of thiophene rings is 1. The van der Waals surface area contributed by atoms with Gasteiger partial charge in [0.15, 0.2) is 11.5 Å². The van der Waals surface area contributed by atoms with Crippen molar-refractivity contribution in [2.45, 2.75) is 32.1 Å². The topological polar surface area (TPSA) is 120 Å². The Morgan fingerprint density at radius 3 is 2.89 bits per heavy atom. The van der Waals surface area contributed by atoms with Crippen LogP contribution in [-0.4, -0.2) is 55.9 Å². The number of allylic oxidation sites excluding steroid dienone is 1. The van der Waals surface area contributed by atoms with Gasteiger partial charge in [0.1, 0.15) is 17.2 Å². The summed E-state index contributed by atoms with van der Waals surface area (Å²) in [4.78, 5) is 32.5. The van der Waals surface area contributed by atoms with Crippen molar-refractivity contribution in [3.8, 4) is 0 Å². The van der Waals surface area contributed by atoms with Crippen LogP contribution >= 0.6 is 11.3 Å². The van der Waals surface area contributed by atoms with E-state index >= 15 is 4.39 Å². The molecule has 1 amide bonds. The highest BCUT2D eigenvalue weighted by atomic mass is 32.1. The number of carbonyl (C=O) groups excluding carboxylic acids is 1. The summed E-state index contributed by atoms with van der Waals surface area (Å²) in [5, 5.41) is 17.8. The molecule has 1 aromatic carbocycles. The van der Waals surface area contributed by atoms with Gasteiger partial charge in [-0.15, -0.1) is 11.3 Å². The van der Waals surface area contributed by atoms with Gasteiger partial charge in [-0.25, -0.2) is 14.5 Å². The molecule has 0 fully saturated rings. The van der Waals surface area contributed by atoms with Crippen LogP contribution in [0.4, 0.5) is 15.9 Å². The summed E-state index contributed by atoms with van der Waals surface area (Å²) in [7, 11) is 2.05. The fourth-order valence-corrected chi connectivity index (χ4v) is 5.43. The molecule has 2 aliphatic rings. The number of nitrogens with one attached hydrogen (secondary N) is 3. The predicted molar refractivity (Wildman–Crippen MR) is 146 cm³/mol. The van der Waals surface area contributed by atoms with Gasteiger partial charge in [0.25, 0.3) is 11.5 Å². The van der Waals surface area contributed by atoms with Crippen LogP contribution in [0, 0.1) is 0 Å². The first-order valence-corrected chi connectivity index (χ1v) is 13.0. The van der Waals surface area contributed by atoms with Gasteiger partial charge in [-0.05, 0) is 37.6 Å². The normalized spacial score (nSPS) is 19.6. The third-order valence-corrected chi connectivity index (χ3v) is 7.72. The molecule has 10 nitrogen and oxygen atoms in total. The van der Waals surface area contributed by atoms with Crippen LogP contribution < -0.4 is 16.2 Å². The van der Waals surface area contributed by atoms with Gasteiger partial charge in [0.2, 0.25) is 0 Å². The smallest absolute Gasteiger partial charge is 0.287 e. The van der Waals surface area contributed by atoms with E-state index in [1.807, 2.05) is 42.1 Å². The SMILES string of the molecule is CN1CCn2nc(Nc3cc(C4=CCC(C)(F)C(NC(=O)c5cc6ccccc6s5)=N4)n[nH]c3=O)cc2C1. The van der Waals surface area contributed by atoms with E-state index in [9.17, 15) is 9.59 Å². The van der Waals surface area contributed by atoms with E-state index in [2.05, 4.69) is 35.8 Å². The van der Waals surface area contributed by atoms with Crippen molar-refractivity contribution < 1.29 is 9.18 Å². The van der Waals surface area contributed by atoms with Crippen LogP contribution in [0.5, 0.6) is 0 Å². The number of amidine groups is 1. The van der Waals surface area contributed by atoms with Gasteiger partial charge < -0.3 is 10.6 Å². The van der Waals surface area contributed by atoms with E-state index in [0.717, 1.165) is 35.4 Å². The lowest BCUT2D eigenvalue weighted by molar-refractivity contribution is 0.0974. The van der Waals surface area contributed by atoms with Gasteiger partial charge >= 0.3 is 0 Å². The highest BCUT2D eigenvalue weighted by molar-refractivity contribution is 7.20. The van der Waals surface area contributed by atoms with Gasteiger partial charge in [-0.1, -0.05) is 24.3 Å². The summed E-state index contributed by atoms with van der Waals surface area (Å²) in [5.74, 6) is 0.0128. The van der Waals surface area contributed by atoms with Gasteiger partial charge in [-0.2, -0.15) is 10.2 Å². The summed E-state index contributed by atoms with van der Waals surface area (Å²) < 4.78 is 18.3. The molecule has 4 aromatic rings. The molecule has 3 N–H and O–H groups in total. The number of likely N-dealkylation sites (N-methyl/N-ethyl adjacent to an activating group) is 1. The van der Waals surface area contributed by atoms with E-state index in [1.165, 1.54) is 18.3 Å². The van der Waals surface area contributed by atoms with Crippen molar-refractivity contribution in [1.82, 2.24) is 30.2 Å². The van der Waals surface area contributed by atoms with Crippen molar-refractivity contribution in [2.75, 3.05) is 18.9 Å². The molecule has 5 heterocycles. The zero-order chi connectivity index (χ0) is 26.4. The van der Waals surface area contributed by atoms with Crippen LogP contribution in [0.1, 0.15) is 34.4 Å². The van der Waals surface area contributed by atoms with Crippen molar-refractivity contribution in [2.24, 2.45) is 4.99 Å². The molecule has 3 aromatic heterocycles. The quantitative estimate of drug-likeness (QED) is 0.369. The lowest BCUT2D eigenvalue weighted by Gasteiger charge is -2.25. The Hall–Kier alpha value is -4.16. The molecule has 194 valence electrons. The Morgan fingerprint density at radius 1 is 1.21 bits per heavy atom. The number of nitrogens with zero attached hydrogens (tertiary/aromatic N) is 5. The highest BCUT2D eigenvalue weighted by Gasteiger charge is 2.35. The maximum absolute atomic E-state index is 15.4. The number of hydrogen-bond acceptors (Lipinski definition) is 8. The molecule has 0 spiro atoms. The highest BCUT2D eigenvalue weighted by Crippen LogP contribution is 2.30. The maximum Gasteiger partial charge on any atom is 0.287 e. The number of aliphatic imine (C=N–C) groups is 1. The minimum atomic E-state index is -1.87. The van der Waals surface area contributed by atoms with Crippen molar-refractivity contribution in [1.29, 1.82) is 0 Å². The number of aromatic nitrogens is 4. The number of anilines is 2. The monoisotopic (exact) mass is 532 g/mol. The lowest BCUT2D eigenvalue weighted by atomic mass is 9.98. The second kappa shape index (κ2) is 9.30. The fourth-order valence-electron chi connectivity index (χ4n) is 4.48. The summed E-state index contributed by atoms with van der Waals surface area (Å²) in [6, 6.07) is 12.9. The minimum Gasteiger partial charge on any atom is -0.334 e. The Balaban J connectivity index is 1.25. The molecule has 0 radical (unpaired) electrons. The summed E-state index contributed by atoms with van der Waals surface area (Å²) in [6.45, 7) is 3.81. The number of hydrogen-bond donors (Lipinski definition) is 3. The molecule has 0 saturated heterocycles. The molecule has 12 heteroatoms. The average Bonchev–Trinajstić information content (AvgIpc) is 3.50. The molecule has 1 unspecified atom stereocenters. The van der Waals surface area contributed by atoms with Crippen LogP contribution in [0.3, 0.4) is 0 Å². The molecule has 38 heavy (non-hydrogen) atoms. The first kappa shape index (κ1) is 24.2. The Kier molecular flexibility index (Phi) is 5.92. The van der Waals surface area contributed by atoms with Crippen molar-refractivity contribution >= 4 is 50.4 Å². The number of alkyl halides is 1. The van der Waals surface area contributed by atoms with E-state index < -0.39 is 17.1 Å². The minimum absolute atomic E-state index is 0.0152. The number of amides is 1. The lowest BCUT2D eigenvalue weighted by Crippen LogP contribution is -2.45. The molecule has 1 atom stereocenters. The van der Waals surface area contributed by atoms with Crippen molar-refractivity contribution in [3.63, 3.8) is 0 Å². The average molecular weight is 533 g/mol. The molecular weight excluding hydrogens is 507 g/mol. The van der Waals surface area contributed by atoms with E-state index in [4.69, 9.17) is 0 Å². The number of rotatable bonds is 4. The van der Waals surface area contributed by atoms with Crippen LogP contribution in [0.15, 0.2) is 58.3 Å². The number of benzene rings is 1. The Bertz CT molecular complexity index is 1650.